The van der Waals surface area contributed by atoms with Gasteiger partial charge in [-0.2, -0.15) is 5.10 Å². The monoisotopic (exact) mass is 523 g/mol. The molecule has 0 aliphatic carbocycles. The summed E-state index contributed by atoms with van der Waals surface area (Å²) in [6.45, 7) is 1.75. The minimum Gasteiger partial charge on any atom is -0.493 e. The van der Waals surface area contributed by atoms with E-state index in [0.29, 0.717) is 26.2 Å². The van der Waals surface area contributed by atoms with Crippen LogP contribution in [0.25, 0.3) is 10.2 Å². The number of nitrogens with two attached hydrogens (primary N) is 1. The smallest absolute Gasteiger partial charge is 0.318 e. The number of non-ortho nitro benzene ring substituents is 1. The molecule has 15 heteroatoms. The second kappa shape index (κ2) is 10.2. The summed E-state index contributed by atoms with van der Waals surface area (Å²) in [6.07, 6.45) is 2.70. The molecule has 188 valence electrons. The third kappa shape index (κ3) is 5.10. The van der Waals surface area contributed by atoms with Crippen LogP contribution < -0.4 is 20.6 Å². The van der Waals surface area contributed by atoms with Crippen molar-refractivity contribution >= 4 is 50.9 Å². The van der Waals surface area contributed by atoms with Crippen LogP contribution in [0.4, 0.5) is 17.2 Å². The number of nitrogens with zero attached hydrogens (tertiary/aromatic N) is 5. The lowest BCUT2D eigenvalue weighted by Gasteiger charge is -2.11. The molecule has 2 aromatic heterocycles. The molecule has 4 rings (SSSR count). The van der Waals surface area contributed by atoms with Gasteiger partial charge in [0.05, 0.1) is 39.5 Å². The van der Waals surface area contributed by atoms with Crippen LogP contribution in [0.15, 0.2) is 47.8 Å². The fourth-order valence-corrected chi connectivity index (χ4v) is 4.39. The first-order chi connectivity index (χ1) is 17.7. The number of carbonyl (C=O) groups excluding carboxylic acids is 1. The number of benzene rings is 2. The van der Waals surface area contributed by atoms with E-state index in [0.717, 1.165) is 18.2 Å². The van der Waals surface area contributed by atoms with Gasteiger partial charge in [0.2, 0.25) is 5.75 Å². The average molecular weight is 523 g/mol. The third-order valence-electron chi connectivity index (χ3n) is 5.10. The minimum atomic E-state index is -0.780. The van der Waals surface area contributed by atoms with Crippen LogP contribution >= 0.6 is 11.3 Å². The highest BCUT2D eigenvalue weighted by atomic mass is 32.1. The molecule has 37 heavy (non-hydrogen) atoms. The van der Waals surface area contributed by atoms with Crippen molar-refractivity contribution in [3.8, 4) is 17.2 Å². The van der Waals surface area contributed by atoms with Crippen LogP contribution in [0, 0.1) is 27.2 Å². The number of fused-ring (bicyclic) bond motifs is 1. The first kappa shape index (κ1) is 24.9. The summed E-state index contributed by atoms with van der Waals surface area (Å²) >= 11 is 1.17. The van der Waals surface area contributed by atoms with E-state index in [1.54, 1.807) is 13.0 Å². The third-order valence-corrected chi connectivity index (χ3v) is 6.30. The first-order valence-corrected chi connectivity index (χ1v) is 11.1. The van der Waals surface area contributed by atoms with Crippen LogP contribution in [-0.2, 0) is 0 Å². The number of ether oxygens (including phenoxy) is 2. The molecule has 0 fully saturated rings. The molecule has 0 radical (unpaired) electrons. The summed E-state index contributed by atoms with van der Waals surface area (Å²) in [7, 11) is 1.37. The number of hydrazone groups is 1. The number of rotatable bonds is 8. The summed E-state index contributed by atoms with van der Waals surface area (Å²) in [5.74, 6) is -0.0347. The van der Waals surface area contributed by atoms with Gasteiger partial charge in [-0.05, 0) is 42.3 Å². The number of nitro groups is 2. The van der Waals surface area contributed by atoms with Gasteiger partial charge in [-0.25, -0.2) is 15.4 Å². The van der Waals surface area contributed by atoms with Gasteiger partial charge in [0.25, 0.3) is 11.6 Å². The fourth-order valence-electron chi connectivity index (χ4n) is 3.35. The van der Waals surface area contributed by atoms with E-state index in [1.807, 2.05) is 0 Å². The minimum absolute atomic E-state index is 0.125. The second-order valence-electron chi connectivity index (χ2n) is 7.37. The van der Waals surface area contributed by atoms with Crippen LogP contribution in [0.5, 0.6) is 17.2 Å². The van der Waals surface area contributed by atoms with Crippen molar-refractivity contribution in [1.82, 2.24) is 15.4 Å². The van der Waals surface area contributed by atoms with Crippen molar-refractivity contribution in [2.24, 2.45) is 5.10 Å². The Morgan fingerprint density at radius 3 is 2.54 bits per heavy atom. The van der Waals surface area contributed by atoms with Gasteiger partial charge in [0.1, 0.15) is 17.0 Å². The maximum Gasteiger partial charge on any atom is 0.318 e. The van der Waals surface area contributed by atoms with E-state index in [9.17, 15) is 25.0 Å². The van der Waals surface area contributed by atoms with Gasteiger partial charge >= 0.3 is 5.69 Å². The summed E-state index contributed by atoms with van der Waals surface area (Å²) in [4.78, 5) is 42.5. The molecule has 0 saturated heterocycles. The number of nitro benzene ring substituents is 2. The molecule has 0 atom stereocenters. The van der Waals surface area contributed by atoms with E-state index in [-0.39, 0.29) is 23.1 Å². The molecule has 0 saturated carbocycles. The van der Waals surface area contributed by atoms with Crippen LogP contribution in [-0.4, -0.2) is 39.0 Å². The summed E-state index contributed by atoms with van der Waals surface area (Å²) in [5, 5.41) is 26.9. The molecule has 14 nitrogen and oxygen atoms in total. The van der Waals surface area contributed by atoms with Gasteiger partial charge in [0, 0.05) is 6.07 Å². The average Bonchev–Trinajstić information content (AvgIpc) is 3.22. The predicted octanol–water partition coefficient (Wildman–Crippen LogP) is 3.96. The zero-order valence-electron chi connectivity index (χ0n) is 19.2. The fraction of sp³-hybridized carbons (Fsp3) is 0.0909. The molecule has 0 bridgehead atoms. The molecular formula is C22H17N7O7S. The highest BCUT2D eigenvalue weighted by molar-refractivity contribution is 7.20. The molecule has 2 heterocycles. The van der Waals surface area contributed by atoms with E-state index >= 15 is 0 Å². The zero-order chi connectivity index (χ0) is 26.7. The standard InChI is InChI=1S/C22H17N7O7S/c1-11-18-20(23)24-10-25-22(18)37-19(11)21(30)27-26-9-12-3-5-16(17(7-12)35-2)36-15-6-4-13(28(31)32)8-14(15)29(33)34/h3-10H,1-2H3,(H,27,30)(H2,23,24,25)/b26-9-. The Morgan fingerprint density at radius 1 is 1.11 bits per heavy atom. The molecular weight excluding hydrogens is 506 g/mol. The molecule has 0 aliphatic heterocycles. The highest BCUT2D eigenvalue weighted by Crippen LogP contribution is 2.38. The van der Waals surface area contributed by atoms with Crippen molar-refractivity contribution < 1.29 is 24.1 Å². The number of anilines is 1. The Morgan fingerprint density at radius 2 is 1.86 bits per heavy atom. The normalized spacial score (nSPS) is 11.0. The first-order valence-electron chi connectivity index (χ1n) is 10.3. The summed E-state index contributed by atoms with van der Waals surface area (Å²) in [6, 6.07) is 7.62. The Bertz CT molecular complexity index is 1590. The molecule has 4 aromatic rings. The molecule has 0 spiro atoms. The SMILES string of the molecule is COc1cc(/C=N\NC(=O)c2sc3ncnc(N)c3c2C)ccc1Oc1ccc([N+](=O)[O-])cc1[N+](=O)[O-]. The Labute approximate surface area is 211 Å². The molecule has 1 amide bonds. The predicted molar refractivity (Wildman–Crippen MR) is 134 cm³/mol. The van der Waals surface area contributed by atoms with Crippen molar-refractivity contribution in [3.05, 3.63) is 79.0 Å². The molecule has 3 N–H and O–H groups in total. The quantitative estimate of drug-likeness (QED) is 0.193. The van der Waals surface area contributed by atoms with Crippen molar-refractivity contribution in [3.63, 3.8) is 0 Å². The topological polar surface area (TPSA) is 198 Å². The lowest BCUT2D eigenvalue weighted by atomic mass is 10.2. The largest absolute Gasteiger partial charge is 0.493 e. The number of nitrogens with one attached hydrogen (secondary N) is 1. The number of aromatic nitrogens is 2. The Hall–Kier alpha value is -5.18. The number of hydrogen-bond donors (Lipinski definition) is 2. The van der Waals surface area contributed by atoms with Gasteiger partial charge < -0.3 is 15.2 Å². The summed E-state index contributed by atoms with van der Waals surface area (Å²) in [5.41, 5.74) is 8.48. The van der Waals surface area contributed by atoms with Crippen molar-refractivity contribution in [1.29, 1.82) is 0 Å². The molecule has 0 aliphatic rings. The molecule has 0 unspecified atom stereocenters. The number of amides is 1. The number of thiophene rings is 1. The van der Waals surface area contributed by atoms with E-state index in [4.69, 9.17) is 15.2 Å². The second-order valence-corrected chi connectivity index (χ2v) is 8.37. The number of methoxy groups -OCH3 is 1. The highest BCUT2D eigenvalue weighted by Gasteiger charge is 2.22. The molecule has 2 aromatic carbocycles. The maximum absolute atomic E-state index is 12.6. The Balaban J connectivity index is 1.52. The van der Waals surface area contributed by atoms with Gasteiger partial charge in [0.15, 0.2) is 11.5 Å². The zero-order valence-corrected chi connectivity index (χ0v) is 20.0. The van der Waals surface area contributed by atoms with Crippen molar-refractivity contribution in [2.45, 2.75) is 6.92 Å². The number of nitrogen functional groups attached to an aromatic ring is 1. The van der Waals surface area contributed by atoms with Crippen LogP contribution in [0.2, 0.25) is 0 Å². The number of hydrogen-bond acceptors (Lipinski definition) is 12. The van der Waals surface area contributed by atoms with Crippen LogP contribution in [0.1, 0.15) is 20.8 Å². The Kier molecular flexibility index (Phi) is 6.88. The number of aryl methyl sites for hydroxylation is 1. The van der Waals surface area contributed by atoms with E-state index < -0.39 is 27.1 Å². The van der Waals surface area contributed by atoms with E-state index in [2.05, 4.69) is 20.5 Å². The van der Waals surface area contributed by atoms with Crippen LogP contribution in [0.3, 0.4) is 0 Å². The van der Waals surface area contributed by atoms with Gasteiger partial charge in [-0.1, -0.05) is 0 Å². The van der Waals surface area contributed by atoms with Crippen molar-refractivity contribution in [2.75, 3.05) is 12.8 Å². The maximum atomic E-state index is 12.6. The summed E-state index contributed by atoms with van der Waals surface area (Å²) < 4.78 is 10.9. The van der Waals surface area contributed by atoms with E-state index in [1.165, 1.54) is 43.1 Å². The number of carbonyl (C=O) groups is 1. The van der Waals surface area contributed by atoms with Gasteiger partial charge in [-0.3, -0.25) is 25.0 Å². The lowest BCUT2D eigenvalue weighted by molar-refractivity contribution is -0.394. The lowest BCUT2D eigenvalue weighted by Crippen LogP contribution is -2.17. The van der Waals surface area contributed by atoms with Gasteiger partial charge in [-0.15, -0.1) is 11.3 Å².